The second-order valence-corrected chi connectivity index (χ2v) is 8.20. The number of aliphatic carboxylic acids is 1. The molecule has 0 radical (unpaired) electrons. The third kappa shape index (κ3) is 9.39. The van der Waals surface area contributed by atoms with E-state index in [0.29, 0.717) is 24.3 Å². The molecule has 0 aliphatic rings. The van der Waals surface area contributed by atoms with Crippen LogP contribution in [0.25, 0.3) is 0 Å². The normalized spacial score (nSPS) is 14.7. The van der Waals surface area contributed by atoms with Crippen molar-refractivity contribution in [1.82, 2.24) is 25.9 Å². The van der Waals surface area contributed by atoms with E-state index in [1.54, 1.807) is 18.7 Å². The largest absolute Gasteiger partial charge is 0.480 e. The van der Waals surface area contributed by atoms with E-state index < -0.39 is 48.4 Å². The predicted molar refractivity (Wildman–Crippen MR) is 117 cm³/mol. The molecular formula is C19H32N6O5S. The van der Waals surface area contributed by atoms with Crippen molar-refractivity contribution in [3.05, 3.63) is 18.2 Å². The predicted octanol–water partition coefficient (Wildman–Crippen LogP) is -0.751. The van der Waals surface area contributed by atoms with Crippen LogP contribution in [-0.2, 0) is 25.6 Å². The van der Waals surface area contributed by atoms with Crippen LogP contribution in [0.4, 0.5) is 0 Å². The number of imidazole rings is 1. The first-order chi connectivity index (χ1) is 14.7. The van der Waals surface area contributed by atoms with Crippen LogP contribution in [0.5, 0.6) is 0 Å². The molecule has 31 heavy (non-hydrogen) atoms. The lowest BCUT2D eigenvalue weighted by Gasteiger charge is -2.26. The van der Waals surface area contributed by atoms with Crippen molar-refractivity contribution in [2.45, 2.75) is 51.2 Å². The summed E-state index contributed by atoms with van der Waals surface area (Å²) in [5.74, 6) is -2.39. The highest BCUT2D eigenvalue weighted by Crippen LogP contribution is 2.10. The third-order valence-corrected chi connectivity index (χ3v) is 5.43. The first-order valence-electron chi connectivity index (χ1n) is 10.0. The average molecular weight is 457 g/mol. The first-order valence-corrected chi connectivity index (χ1v) is 11.4. The number of carbonyl (C=O) groups is 4. The molecule has 3 amide bonds. The zero-order valence-corrected chi connectivity index (χ0v) is 18.8. The van der Waals surface area contributed by atoms with E-state index in [2.05, 4.69) is 25.9 Å². The third-order valence-electron chi connectivity index (χ3n) is 4.79. The number of thioether (sulfide) groups is 1. The smallest absolute Gasteiger partial charge is 0.322 e. The Bertz CT molecular complexity index is 729. The van der Waals surface area contributed by atoms with Crippen molar-refractivity contribution in [3.63, 3.8) is 0 Å². The summed E-state index contributed by atoms with van der Waals surface area (Å²) in [6.07, 6.45) is 6.05. The van der Waals surface area contributed by atoms with Gasteiger partial charge in [0.15, 0.2) is 0 Å². The molecule has 12 heteroatoms. The summed E-state index contributed by atoms with van der Waals surface area (Å²) in [6.45, 7) is 3.06. The maximum atomic E-state index is 13.0. The maximum Gasteiger partial charge on any atom is 0.322 e. The van der Waals surface area contributed by atoms with Gasteiger partial charge in [0.05, 0.1) is 12.4 Å². The summed E-state index contributed by atoms with van der Waals surface area (Å²) in [5, 5.41) is 16.4. The van der Waals surface area contributed by atoms with Crippen LogP contribution in [0.2, 0.25) is 0 Å². The van der Waals surface area contributed by atoms with Crippen molar-refractivity contribution in [2.75, 3.05) is 18.6 Å². The van der Waals surface area contributed by atoms with Crippen LogP contribution in [0.15, 0.2) is 12.5 Å². The monoisotopic (exact) mass is 456 g/mol. The van der Waals surface area contributed by atoms with Crippen LogP contribution >= 0.6 is 11.8 Å². The minimum atomic E-state index is -1.19. The minimum absolute atomic E-state index is 0.122. The number of aromatic amines is 1. The molecule has 1 aromatic heterocycles. The molecule has 1 heterocycles. The minimum Gasteiger partial charge on any atom is -0.480 e. The lowest BCUT2D eigenvalue weighted by Crippen LogP contribution is -2.58. The van der Waals surface area contributed by atoms with E-state index in [1.807, 2.05) is 13.2 Å². The summed E-state index contributed by atoms with van der Waals surface area (Å²) >= 11 is 1.56. The molecule has 11 nitrogen and oxygen atoms in total. The lowest BCUT2D eigenvalue weighted by molar-refractivity contribution is -0.139. The molecule has 0 saturated carbocycles. The number of nitrogens with one attached hydrogen (secondary N) is 4. The lowest BCUT2D eigenvalue weighted by atomic mass is 9.97. The standard InChI is InChI=1S/C19H32N6O5S/c1-4-11(2)16(19(30)22-9-15(26)27)25-18(29)14(7-12-8-21-10-23-12)24-17(28)13(20)5-6-31-3/h8,10-11,13-14,16H,4-7,9,20H2,1-3H3,(H,21,23)(H,22,30)(H,24,28)(H,25,29)(H,26,27). The zero-order chi connectivity index (χ0) is 23.4. The van der Waals surface area contributed by atoms with Gasteiger partial charge in [0, 0.05) is 18.3 Å². The SMILES string of the molecule is CCC(C)C(NC(=O)C(Cc1cnc[nH]1)NC(=O)C(N)CCSC)C(=O)NCC(=O)O. The zero-order valence-electron chi connectivity index (χ0n) is 18.0. The molecule has 1 aromatic rings. The summed E-state index contributed by atoms with van der Waals surface area (Å²) < 4.78 is 0. The highest BCUT2D eigenvalue weighted by molar-refractivity contribution is 7.98. The number of nitrogens with zero attached hydrogens (tertiary/aromatic N) is 1. The molecule has 4 unspecified atom stereocenters. The van der Waals surface area contributed by atoms with Crippen LogP contribution in [0.3, 0.4) is 0 Å². The van der Waals surface area contributed by atoms with Crippen LogP contribution in [0, 0.1) is 5.92 Å². The average Bonchev–Trinajstić information content (AvgIpc) is 3.25. The second kappa shape index (κ2) is 13.7. The number of carboxylic acid groups (broad SMARTS) is 1. The van der Waals surface area contributed by atoms with Crippen molar-refractivity contribution in [1.29, 1.82) is 0 Å². The van der Waals surface area contributed by atoms with Gasteiger partial charge in [0.1, 0.15) is 18.6 Å². The second-order valence-electron chi connectivity index (χ2n) is 7.21. The Morgan fingerprint density at radius 1 is 1.23 bits per heavy atom. The van der Waals surface area contributed by atoms with Gasteiger partial charge in [-0.3, -0.25) is 19.2 Å². The van der Waals surface area contributed by atoms with E-state index in [4.69, 9.17) is 10.8 Å². The van der Waals surface area contributed by atoms with Gasteiger partial charge in [-0.15, -0.1) is 0 Å². The molecular weight excluding hydrogens is 424 g/mol. The molecule has 7 N–H and O–H groups in total. The quantitative estimate of drug-likeness (QED) is 0.211. The Kier molecular flexibility index (Phi) is 11.6. The molecule has 174 valence electrons. The van der Waals surface area contributed by atoms with Crippen molar-refractivity contribution in [3.8, 4) is 0 Å². The summed E-state index contributed by atoms with van der Waals surface area (Å²) in [5.41, 5.74) is 6.53. The Labute approximate surface area is 185 Å². The number of hydrogen-bond acceptors (Lipinski definition) is 7. The van der Waals surface area contributed by atoms with Gasteiger partial charge < -0.3 is 31.8 Å². The molecule has 0 aliphatic heterocycles. The van der Waals surface area contributed by atoms with Gasteiger partial charge in [-0.25, -0.2) is 4.98 Å². The molecule has 4 atom stereocenters. The number of amides is 3. The number of carboxylic acids is 1. The van der Waals surface area contributed by atoms with Gasteiger partial charge in [0.25, 0.3) is 0 Å². The van der Waals surface area contributed by atoms with Crippen molar-refractivity contribution >= 4 is 35.5 Å². The van der Waals surface area contributed by atoms with Gasteiger partial charge >= 0.3 is 5.97 Å². The fourth-order valence-corrected chi connectivity index (χ4v) is 3.20. The van der Waals surface area contributed by atoms with E-state index >= 15 is 0 Å². The Morgan fingerprint density at radius 2 is 1.94 bits per heavy atom. The van der Waals surface area contributed by atoms with Crippen LogP contribution < -0.4 is 21.7 Å². The molecule has 0 aliphatic carbocycles. The molecule has 1 rings (SSSR count). The highest BCUT2D eigenvalue weighted by atomic mass is 32.2. The number of carbonyl (C=O) groups excluding carboxylic acids is 3. The summed E-state index contributed by atoms with van der Waals surface area (Å²) in [6, 6.07) is -2.72. The van der Waals surface area contributed by atoms with Crippen LogP contribution in [0.1, 0.15) is 32.4 Å². The van der Waals surface area contributed by atoms with Crippen molar-refractivity contribution < 1.29 is 24.3 Å². The Morgan fingerprint density at radius 3 is 2.48 bits per heavy atom. The number of hydrogen-bond donors (Lipinski definition) is 6. The van der Waals surface area contributed by atoms with Gasteiger partial charge in [-0.05, 0) is 24.3 Å². The number of rotatable bonds is 14. The first kappa shape index (κ1) is 26.4. The van der Waals surface area contributed by atoms with E-state index in [1.165, 1.54) is 12.5 Å². The summed E-state index contributed by atoms with van der Waals surface area (Å²) in [7, 11) is 0. The Hall–Kier alpha value is -2.60. The number of nitrogens with two attached hydrogens (primary N) is 1. The number of aromatic nitrogens is 2. The maximum absolute atomic E-state index is 13.0. The fraction of sp³-hybridized carbons (Fsp3) is 0.632. The topological polar surface area (TPSA) is 179 Å². The molecule has 0 aromatic carbocycles. The van der Waals surface area contributed by atoms with E-state index in [0.717, 1.165) is 0 Å². The molecule has 0 saturated heterocycles. The van der Waals surface area contributed by atoms with E-state index in [-0.39, 0.29) is 12.3 Å². The summed E-state index contributed by atoms with van der Waals surface area (Å²) in [4.78, 5) is 55.5. The van der Waals surface area contributed by atoms with Gasteiger partial charge in [-0.2, -0.15) is 11.8 Å². The van der Waals surface area contributed by atoms with Gasteiger partial charge in [0.2, 0.25) is 17.7 Å². The van der Waals surface area contributed by atoms with Crippen molar-refractivity contribution in [2.24, 2.45) is 11.7 Å². The Balaban J connectivity index is 2.95. The fourth-order valence-electron chi connectivity index (χ4n) is 2.71. The molecule has 0 spiro atoms. The molecule has 0 fully saturated rings. The molecule has 0 bridgehead atoms. The van der Waals surface area contributed by atoms with E-state index in [9.17, 15) is 19.2 Å². The van der Waals surface area contributed by atoms with Gasteiger partial charge in [-0.1, -0.05) is 20.3 Å². The highest BCUT2D eigenvalue weighted by Gasteiger charge is 2.31. The number of H-pyrrole nitrogens is 1. The van der Waals surface area contributed by atoms with Crippen LogP contribution in [-0.4, -0.2) is 75.4 Å².